The number of aryl methyl sites for hydroxylation is 1. The maximum atomic E-state index is 11.8. The molecule has 110 valence electrons. The number of carbonyl (C=O) groups is 3. The predicted octanol–water partition coefficient (Wildman–Crippen LogP) is 0.657. The fraction of sp³-hybridized carbons (Fsp3) is 0.286. The lowest BCUT2D eigenvalue weighted by Gasteiger charge is -2.23. The minimum Gasteiger partial charge on any atom is -0.477 e. The fourth-order valence-corrected chi connectivity index (χ4v) is 2.07. The van der Waals surface area contributed by atoms with Crippen LogP contribution in [0.2, 0.25) is 0 Å². The lowest BCUT2D eigenvalue weighted by Crippen LogP contribution is -2.34. The van der Waals surface area contributed by atoms with E-state index in [1.165, 1.54) is 0 Å². The molecule has 1 aliphatic rings. The second kappa shape index (κ2) is 5.74. The smallest absolute Gasteiger partial charge is 0.352 e. The molecular weight excluding hydrogens is 274 g/mol. The largest absolute Gasteiger partial charge is 0.477 e. The van der Waals surface area contributed by atoms with Crippen LogP contribution in [-0.2, 0) is 16.1 Å². The average Bonchev–Trinajstić information content (AvgIpc) is 2.42. The predicted molar refractivity (Wildman–Crippen MR) is 74.6 cm³/mol. The molecule has 7 nitrogen and oxygen atoms in total. The number of hydrogen-bond donors (Lipinski definition) is 2. The quantitative estimate of drug-likeness (QED) is 0.847. The molecule has 1 aromatic rings. The van der Waals surface area contributed by atoms with Crippen molar-refractivity contribution in [2.45, 2.75) is 26.3 Å². The first-order chi connectivity index (χ1) is 9.88. The Kier molecular flexibility index (Phi) is 4.02. The van der Waals surface area contributed by atoms with Crippen LogP contribution in [0.25, 0.3) is 0 Å². The molecule has 0 bridgehead atoms. The number of primary amides is 1. The first-order valence-corrected chi connectivity index (χ1v) is 6.39. The van der Waals surface area contributed by atoms with Crippen LogP contribution in [0.3, 0.4) is 0 Å². The zero-order valence-corrected chi connectivity index (χ0v) is 11.5. The van der Waals surface area contributed by atoms with Gasteiger partial charge in [-0.2, -0.15) is 5.10 Å². The summed E-state index contributed by atoms with van der Waals surface area (Å²) in [4.78, 5) is 33.8. The highest BCUT2D eigenvalue weighted by Crippen LogP contribution is 2.17. The standard InChI is InChI=1S/C14H15N3O4/c1-8-6-9(13(15)19)2-3-10(8)7-17-12(18)5-4-11(16-17)14(20)21/h2-3,6H,4-5,7H2,1H3,(H2,15,19)(H,20,21). The molecule has 21 heavy (non-hydrogen) atoms. The summed E-state index contributed by atoms with van der Waals surface area (Å²) in [7, 11) is 0. The molecular formula is C14H15N3O4. The Bertz CT molecular complexity index is 652. The van der Waals surface area contributed by atoms with E-state index < -0.39 is 11.9 Å². The van der Waals surface area contributed by atoms with Crippen LogP contribution in [0.4, 0.5) is 0 Å². The van der Waals surface area contributed by atoms with Gasteiger partial charge in [0.1, 0.15) is 5.71 Å². The zero-order valence-electron chi connectivity index (χ0n) is 11.5. The second-order valence-electron chi connectivity index (χ2n) is 4.81. The van der Waals surface area contributed by atoms with E-state index in [4.69, 9.17) is 10.8 Å². The van der Waals surface area contributed by atoms with Crippen LogP contribution >= 0.6 is 0 Å². The monoisotopic (exact) mass is 289 g/mol. The molecule has 0 saturated heterocycles. The van der Waals surface area contributed by atoms with E-state index in [0.29, 0.717) is 5.56 Å². The van der Waals surface area contributed by atoms with Crippen molar-refractivity contribution in [3.63, 3.8) is 0 Å². The number of carboxylic acids is 1. The van der Waals surface area contributed by atoms with Crippen LogP contribution in [-0.4, -0.2) is 33.6 Å². The van der Waals surface area contributed by atoms with Crippen LogP contribution < -0.4 is 5.73 Å². The molecule has 2 rings (SSSR count). The number of amides is 2. The summed E-state index contributed by atoms with van der Waals surface area (Å²) >= 11 is 0. The summed E-state index contributed by atoms with van der Waals surface area (Å²) in [5, 5.41) is 14.0. The molecule has 1 heterocycles. The number of nitrogens with two attached hydrogens (primary N) is 1. The molecule has 1 aromatic carbocycles. The highest BCUT2D eigenvalue weighted by Gasteiger charge is 2.24. The number of rotatable bonds is 4. The van der Waals surface area contributed by atoms with E-state index in [1.807, 2.05) is 0 Å². The van der Waals surface area contributed by atoms with E-state index in [0.717, 1.165) is 16.1 Å². The van der Waals surface area contributed by atoms with Crippen LogP contribution in [0.5, 0.6) is 0 Å². The second-order valence-corrected chi connectivity index (χ2v) is 4.81. The molecule has 3 N–H and O–H groups in total. The molecule has 0 atom stereocenters. The van der Waals surface area contributed by atoms with Gasteiger partial charge in [-0.3, -0.25) is 9.59 Å². The molecule has 2 amide bonds. The van der Waals surface area contributed by atoms with Crippen LogP contribution in [0, 0.1) is 6.92 Å². The minimum absolute atomic E-state index is 0.0268. The third kappa shape index (κ3) is 3.25. The van der Waals surface area contributed by atoms with Gasteiger partial charge < -0.3 is 10.8 Å². The zero-order chi connectivity index (χ0) is 15.6. The number of nitrogens with zero attached hydrogens (tertiary/aromatic N) is 2. The number of aliphatic carboxylic acids is 1. The van der Waals surface area contributed by atoms with Gasteiger partial charge in [0.2, 0.25) is 11.8 Å². The number of hydrogen-bond acceptors (Lipinski definition) is 4. The Morgan fingerprint density at radius 3 is 2.67 bits per heavy atom. The maximum absolute atomic E-state index is 11.8. The van der Waals surface area contributed by atoms with Gasteiger partial charge in [0.15, 0.2) is 0 Å². The lowest BCUT2D eigenvalue weighted by molar-refractivity contribution is -0.133. The highest BCUT2D eigenvalue weighted by atomic mass is 16.4. The Hall–Kier alpha value is -2.70. The van der Waals surface area contributed by atoms with Crippen LogP contribution in [0.1, 0.15) is 34.3 Å². The van der Waals surface area contributed by atoms with Gasteiger partial charge in [0.05, 0.1) is 6.54 Å². The summed E-state index contributed by atoms with van der Waals surface area (Å²) in [6, 6.07) is 4.89. The Morgan fingerprint density at radius 2 is 2.10 bits per heavy atom. The van der Waals surface area contributed by atoms with E-state index in [2.05, 4.69) is 5.10 Å². The Morgan fingerprint density at radius 1 is 1.38 bits per heavy atom. The molecule has 0 unspecified atom stereocenters. The maximum Gasteiger partial charge on any atom is 0.352 e. The van der Waals surface area contributed by atoms with Gasteiger partial charge in [-0.05, 0) is 30.2 Å². The van der Waals surface area contributed by atoms with Gasteiger partial charge in [-0.1, -0.05) is 6.07 Å². The Balaban J connectivity index is 2.24. The average molecular weight is 289 g/mol. The van der Waals surface area contributed by atoms with E-state index in [-0.39, 0.29) is 31.0 Å². The number of hydrazone groups is 1. The lowest BCUT2D eigenvalue weighted by atomic mass is 10.0. The molecule has 0 fully saturated rings. The van der Waals surface area contributed by atoms with E-state index >= 15 is 0 Å². The molecule has 0 radical (unpaired) electrons. The molecule has 0 aromatic heterocycles. The summed E-state index contributed by atoms with van der Waals surface area (Å²) in [6.45, 7) is 1.96. The van der Waals surface area contributed by atoms with Crippen LogP contribution in [0.15, 0.2) is 23.3 Å². The van der Waals surface area contributed by atoms with Crippen molar-refractivity contribution >= 4 is 23.5 Å². The SMILES string of the molecule is Cc1cc(C(N)=O)ccc1CN1N=C(C(=O)O)CCC1=O. The van der Waals surface area contributed by atoms with Gasteiger partial charge in [-0.15, -0.1) is 0 Å². The van der Waals surface area contributed by atoms with Crippen molar-refractivity contribution in [1.82, 2.24) is 5.01 Å². The van der Waals surface area contributed by atoms with E-state index in [9.17, 15) is 14.4 Å². The fourth-order valence-electron chi connectivity index (χ4n) is 2.07. The van der Waals surface area contributed by atoms with Gasteiger partial charge in [0, 0.05) is 18.4 Å². The molecule has 0 saturated carbocycles. The Labute approximate surface area is 121 Å². The minimum atomic E-state index is -1.12. The number of carbonyl (C=O) groups excluding carboxylic acids is 2. The number of carboxylic acid groups (broad SMARTS) is 1. The van der Waals surface area contributed by atoms with Gasteiger partial charge >= 0.3 is 5.97 Å². The van der Waals surface area contributed by atoms with Crippen molar-refractivity contribution in [2.24, 2.45) is 10.8 Å². The van der Waals surface area contributed by atoms with Crippen molar-refractivity contribution in [3.8, 4) is 0 Å². The first kappa shape index (κ1) is 14.7. The highest BCUT2D eigenvalue weighted by molar-refractivity contribution is 6.36. The summed E-state index contributed by atoms with van der Waals surface area (Å²) in [6.07, 6.45) is 0.272. The third-order valence-corrected chi connectivity index (χ3v) is 3.30. The summed E-state index contributed by atoms with van der Waals surface area (Å²) in [5.41, 5.74) is 7.13. The van der Waals surface area contributed by atoms with Crippen molar-refractivity contribution < 1.29 is 19.5 Å². The topological polar surface area (TPSA) is 113 Å². The van der Waals surface area contributed by atoms with Gasteiger partial charge in [-0.25, -0.2) is 9.80 Å². The summed E-state index contributed by atoms with van der Waals surface area (Å²) in [5.74, 6) is -1.86. The summed E-state index contributed by atoms with van der Waals surface area (Å²) < 4.78 is 0. The third-order valence-electron chi connectivity index (χ3n) is 3.30. The first-order valence-electron chi connectivity index (χ1n) is 6.39. The molecule has 1 aliphatic heterocycles. The molecule has 0 aliphatic carbocycles. The molecule has 0 spiro atoms. The van der Waals surface area contributed by atoms with E-state index in [1.54, 1.807) is 25.1 Å². The normalized spacial score (nSPS) is 14.8. The molecule has 7 heteroatoms. The van der Waals surface area contributed by atoms with Crippen molar-refractivity contribution in [2.75, 3.05) is 0 Å². The van der Waals surface area contributed by atoms with Gasteiger partial charge in [0.25, 0.3) is 0 Å². The van der Waals surface area contributed by atoms with Crippen molar-refractivity contribution in [3.05, 3.63) is 34.9 Å². The van der Waals surface area contributed by atoms with Crippen molar-refractivity contribution in [1.29, 1.82) is 0 Å². The number of benzene rings is 1.